The van der Waals surface area contributed by atoms with Crippen LogP contribution in [0.2, 0.25) is 0 Å². The number of amides is 1. The van der Waals surface area contributed by atoms with Crippen LogP contribution in [0, 0.1) is 0 Å². The summed E-state index contributed by atoms with van der Waals surface area (Å²) in [6.07, 6.45) is 3.41. The van der Waals surface area contributed by atoms with Crippen molar-refractivity contribution < 1.29 is 4.79 Å². The van der Waals surface area contributed by atoms with Crippen molar-refractivity contribution >= 4 is 52.4 Å². The highest BCUT2D eigenvalue weighted by Gasteiger charge is 2.21. The molecule has 0 unspecified atom stereocenters. The van der Waals surface area contributed by atoms with Crippen molar-refractivity contribution in [3.05, 3.63) is 71.9 Å². The van der Waals surface area contributed by atoms with Crippen molar-refractivity contribution in [2.75, 3.05) is 18.0 Å². The van der Waals surface area contributed by atoms with Gasteiger partial charge in [-0.25, -0.2) is 4.99 Å². The molecule has 1 aliphatic rings. The number of aromatic nitrogens is 1. The monoisotopic (exact) mass is 529 g/mol. The van der Waals surface area contributed by atoms with Gasteiger partial charge < -0.3 is 15.5 Å². The maximum absolute atomic E-state index is 11.9. The van der Waals surface area contributed by atoms with Gasteiger partial charge in [0.05, 0.1) is 12.1 Å². The van der Waals surface area contributed by atoms with Crippen LogP contribution in [0.4, 0.5) is 5.69 Å². The van der Waals surface area contributed by atoms with Crippen molar-refractivity contribution in [2.45, 2.75) is 32.9 Å². The molecule has 2 aromatic carbocycles. The predicted molar refractivity (Wildman–Crippen MR) is 137 cm³/mol. The Kier molecular flexibility index (Phi) is 8.22. The van der Waals surface area contributed by atoms with Gasteiger partial charge in [-0.2, -0.15) is 0 Å². The van der Waals surface area contributed by atoms with Crippen LogP contribution in [0.3, 0.4) is 0 Å². The fourth-order valence-electron chi connectivity index (χ4n) is 3.70. The van der Waals surface area contributed by atoms with Crippen molar-refractivity contribution in [1.82, 2.24) is 15.6 Å². The lowest BCUT2D eigenvalue weighted by molar-refractivity contribution is -0.117. The Morgan fingerprint density at radius 1 is 1.10 bits per heavy atom. The van der Waals surface area contributed by atoms with Gasteiger partial charge in [-0.15, -0.1) is 24.0 Å². The number of guanidine groups is 1. The lowest BCUT2D eigenvalue weighted by Gasteiger charge is -2.16. The molecule has 0 spiro atoms. The molecule has 4 rings (SSSR count). The quantitative estimate of drug-likeness (QED) is 0.285. The van der Waals surface area contributed by atoms with Crippen LogP contribution in [-0.2, 0) is 17.9 Å². The fourth-order valence-corrected chi connectivity index (χ4v) is 3.70. The second-order valence-corrected chi connectivity index (χ2v) is 7.36. The Bertz CT molecular complexity index is 1050. The van der Waals surface area contributed by atoms with Gasteiger partial charge in [0.15, 0.2) is 5.96 Å². The molecule has 1 aromatic heterocycles. The van der Waals surface area contributed by atoms with E-state index in [4.69, 9.17) is 4.99 Å². The van der Waals surface area contributed by atoms with Crippen LogP contribution in [0.1, 0.15) is 30.9 Å². The average Bonchev–Trinajstić information content (AvgIpc) is 3.22. The van der Waals surface area contributed by atoms with Crippen LogP contribution < -0.4 is 15.5 Å². The smallest absolute Gasteiger partial charge is 0.227 e. The summed E-state index contributed by atoms with van der Waals surface area (Å²) < 4.78 is 0. The summed E-state index contributed by atoms with van der Waals surface area (Å²) in [5.74, 6) is 0.978. The molecule has 1 amide bonds. The molecule has 0 bridgehead atoms. The summed E-state index contributed by atoms with van der Waals surface area (Å²) in [6, 6.07) is 18.4. The Morgan fingerprint density at radius 3 is 2.65 bits per heavy atom. The maximum Gasteiger partial charge on any atom is 0.227 e. The number of pyridine rings is 1. The van der Waals surface area contributed by atoms with Gasteiger partial charge in [0, 0.05) is 43.3 Å². The number of fused-ring (bicyclic) bond motifs is 1. The van der Waals surface area contributed by atoms with Crippen molar-refractivity contribution in [1.29, 1.82) is 0 Å². The fraction of sp³-hybridized carbons (Fsp3) is 0.292. The van der Waals surface area contributed by atoms with Gasteiger partial charge in [0.1, 0.15) is 0 Å². The van der Waals surface area contributed by atoms with Crippen molar-refractivity contribution in [3.63, 3.8) is 0 Å². The molecule has 1 fully saturated rings. The standard InChI is InChI=1S/C24H27N5O.HI/c1-2-25-24(28-17-20-7-3-6-19-8-4-14-26-23(19)20)27-16-18-10-12-21(13-11-18)29-15-5-9-22(29)30;/h3-4,6-8,10-14H,2,5,9,15-17H2,1H3,(H2,25,27,28);1H. The number of halogens is 1. The van der Waals surface area contributed by atoms with Gasteiger partial charge in [-0.1, -0.05) is 36.4 Å². The molecule has 7 heteroatoms. The summed E-state index contributed by atoms with van der Waals surface area (Å²) in [6.45, 7) is 4.87. The zero-order valence-electron chi connectivity index (χ0n) is 17.7. The topological polar surface area (TPSA) is 69.6 Å². The van der Waals surface area contributed by atoms with Gasteiger partial charge >= 0.3 is 0 Å². The predicted octanol–water partition coefficient (Wildman–Crippen LogP) is 4.23. The van der Waals surface area contributed by atoms with Crippen LogP contribution in [-0.4, -0.2) is 29.9 Å². The van der Waals surface area contributed by atoms with Crippen molar-refractivity contribution in [2.24, 2.45) is 4.99 Å². The number of aliphatic imine (C=N–C) groups is 1. The third-order valence-corrected chi connectivity index (χ3v) is 5.25. The molecule has 6 nitrogen and oxygen atoms in total. The molecule has 1 aliphatic heterocycles. The number of para-hydroxylation sites is 1. The number of anilines is 1. The molecule has 3 aromatic rings. The number of benzene rings is 2. The van der Waals surface area contributed by atoms with Crippen LogP contribution in [0.5, 0.6) is 0 Å². The molecule has 2 N–H and O–H groups in total. The van der Waals surface area contributed by atoms with Crippen LogP contribution in [0.15, 0.2) is 65.8 Å². The first-order valence-corrected chi connectivity index (χ1v) is 10.5. The van der Waals surface area contributed by atoms with Gasteiger partial charge in [0.2, 0.25) is 5.91 Å². The number of carbonyl (C=O) groups excluding carboxylic acids is 1. The Morgan fingerprint density at radius 2 is 1.90 bits per heavy atom. The normalized spacial score (nSPS) is 13.9. The molecule has 31 heavy (non-hydrogen) atoms. The molecule has 0 aliphatic carbocycles. The Balaban J connectivity index is 0.00000272. The number of hydrogen-bond donors (Lipinski definition) is 2. The van der Waals surface area contributed by atoms with E-state index in [1.165, 1.54) is 0 Å². The highest BCUT2D eigenvalue weighted by molar-refractivity contribution is 14.0. The summed E-state index contributed by atoms with van der Waals surface area (Å²) in [5.41, 5.74) is 4.22. The third-order valence-electron chi connectivity index (χ3n) is 5.25. The second kappa shape index (κ2) is 11.1. The largest absolute Gasteiger partial charge is 0.357 e. The van der Waals surface area contributed by atoms with E-state index < -0.39 is 0 Å². The number of rotatable bonds is 6. The van der Waals surface area contributed by atoms with E-state index in [2.05, 4.69) is 46.8 Å². The first-order valence-electron chi connectivity index (χ1n) is 10.5. The van der Waals surface area contributed by atoms with Gasteiger partial charge in [0.25, 0.3) is 0 Å². The Labute approximate surface area is 200 Å². The van der Waals surface area contributed by atoms with Crippen LogP contribution in [0.25, 0.3) is 10.9 Å². The SMILES string of the molecule is CCNC(=NCc1ccc(N2CCCC2=O)cc1)NCc1cccc2cccnc12.I. The van der Waals surface area contributed by atoms with Gasteiger partial charge in [-0.3, -0.25) is 9.78 Å². The summed E-state index contributed by atoms with van der Waals surface area (Å²) in [4.78, 5) is 23.0. The third kappa shape index (κ3) is 5.72. The van der Waals surface area contributed by atoms with Gasteiger partial charge in [-0.05, 0) is 42.7 Å². The zero-order valence-corrected chi connectivity index (χ0v) is 20.0. The van der Waals surface area contributed by atoms with E-state index in [1.54, 1.807) is 0 Å². The minimum atomic E-state index is 0. The highest BCUT2D eigenvalue weighted by atomic mass is 127. The van der Waals surface area contributed by atoms with E-state index in [1.807, 2.05) is 41.4 Å². The van der Waals surface area contributed by atoms with E-state index in [0.717, 1.165) is 53.2 Å². The number of nitrogens with one attached hydrogen (secondary N) is 2. The lowest BCUT2D eigenvalue weighted by Crippen LogP contribution is -2.36. The van der Waals surface area contributed by atoms with E-state index in [0.29, 0.717) is 19.5 Å². The summed E-state index contributed by atoms with van der Waals surface area (Å²) >= 11 is 0. The molecular weight excluding hydrogens is 501 g/mol. The van der Waals surface area contributed by atoms with E-state index >= 15 is 0 Å². The van der Waals surface area contributed by atoms with E-state index in [-0.39, 0.29) is 29.9 Å². The molecule has 0 saturated carbocycles. The molecule has 162 valence electrons. The molecule has 0 radical (unpaired) electrons. The zero-order chi connectivity index (χ0) is 20.8. The van der Waals surface area contributed by atoms with Crippen LogP contribution >= 0.6 is 24.0 Å². The van der Waals surface area contributed by atoms with E-state index in [9.17, 15) is 4.79 Å². The highest BCUT2D eigenvalue weighted by Crippen LogP contribution is 2.21. The molecular formula is C24H28IN5O. The molecule has 1 saturated heterocycles. The minimum absolute atomic E-state index is 0. The number of hydrogen-bond acceptors (Lipinski definition) is 3. The summed E-state index contributed by atoms with van der Waals surface area (Å²) in [7, 11) is 0. The first kappa shape index (κ1) is 23.0. The number of carbonyl (C=O) groups is 1. The number of nitrogens with zero attached hydrogens (tertiary/aromatic N) is 3. The maximum atomic E-state index is 11.9. The Hall–Kier alpha value is -2.68. The average molecular weight is 529 g/mol. The lowest BCUT2D eigenvalue weighted by atomic mass is 10.1. The molecule has 0 atom stereocenters. The molecule has 2 heterocycles. The summed E-state index contributed by atoms with van der Waals surface area (Å²) in [5, 5.41) is 7.84. The minimum Gasteiger partial charge on any atom is -0.357 e. The first-order chi connectivity index (χ1) is 14.7. The van der Waals surface area contributed by atoms with Crippen molar-refractivity contribution in [3.8, 4) is 0 Å². The second-order valence-electron chi connectivity index (χ2n) is 7.36.